The van der Waals surface area contributed by atoms with E-state index in [-0.39, 0.29) is 28.3 Å². The van der Waals surface area contributed by atoms with Crippen LogP contribution in [0.3, 0.4) is 0 Å². The molecular weight excluding hydrogens is 489 g/mol. The molecule has 3 aromatic carbocycles. The molecule has 4 nitrogen and oxygen atoms in total. The van der Waals surface area contributed by atoms with E-state index in [1.54, 1.807) is 24.3 Å². The van der Waals surface area contributed by atoms with Crippen LogP contribution in [0.15, 0.2) is 83.9 Å². The van der Waals surface area contributed by atoms with Gasteiger partial charge in [-0.3, -0.25) is 9.78 Å². The van der Waals surface area contributed by atoms with Gasteiger partial charge in [0, 0.05) is 28.9 Å². The molecule has 7 heteroatoms. The number of sulfone groups is 1. The predicted octanol–water partition coefficient (Wildman–Crippen LogP) is 6.43. The van der Waals surface area contributed by atoms with Gasteiger partial charge in [0.1, 0.15) is 5.78 Å². The smallest absolute Gasteiger partial charge is 0.184 e. The standard InChI is InChI=1S/C27H21Cl2NO3S/c28-20-8-9-21(30-15-20)16-34(32,33)22-10-6-19(7-11-22)23-14-25(23)27(31)13-17-4-5-18-2-1-3-26(29)24(18)12-17/h1-12,15,23,25H,13-14,16H2/t23?,25-/m1/s1. The highest BCUT2D eigenvalue weighted by Gasteiger charge is 2.43. The number of carbonyl (C=O) groups excluding carboxylic acids is 1. The largest absolute Gasteiger partial charge is 0.299 e. The van der Waals surface area contributed by atoms with Crippen LogP contribution in [0.4, 0.5) is 0 Å². The summed E-state index contributed by atoms with van der Waals surface area (Å²) in [5.41, 5.74) is 2.38. The molecule has 1 unspecified atom stereocenters. The summed E-state index contributed by atoms with van der Waals surface area (Å²) in [6.45, 7) is 0. The minimum atomic E-state index is -3.52. The molecule has 0 radical (unpaired) electrons. The van der Waals surface area contributed by atoms with Gasteiger partial charge in [-0.05, 0) is 65.3 Å². The Hall–Kier alpha value is -2.73. The van der Waals surface area contributed by atoms with Crippen molar-refractivity contribution in [2.24, 2.45) is 5.92 Å². The Morgan fingerprint density at radius 2 is 1.76 bits per heavy atom. The van der Waals surface area contributed by atoms with E-state index in [9.17, 15) is 13.2 Å². The van der Waals surface area contributed by atoms with E-state index in [0.29, 0.717) is 22.2 Å². The molecule has 4 aromatic rings. The topological polar surface area (TPSA) is 64.1 Å². The maximum Gasteiger partial charge on any atom is 0.184 e. The molecular formula is C27H21Cl2NO3S. The minimum Gasteiger partial charge on any atom is -0.299 e. The number of nitrogens with zero attached hydrogens (tertiary/aromatic N) is 1. The molecule has 1 aliphatic rings. The van der Waals surface area contributed by atoms with Gasteiger partial charge in [-0.1, -0.05) is 59.6 Å². The van der Waals surface area contributed by atoms with E-state index in [4.69, 9.17) is 23.2 Å². The molecule has 1 aliphatic carbocycles. The van der Waals surface area contributed by atoms with Crippen LogP contribution >= 0.6 is 23.2 Å². The molecule has 1 aromatic heterocycles. The highest BCUT2D eigenvalue weighted by Crippen LogP contribution is 2.48. The lowest BCUT2D eigenvalue weighted by Crippen LogP contribution is -2.07. The Balaban J connectivity index is 1.24. The number of rotatable bonds is 7. The molecule has 0 amide bonds. The first-order chi connectivity index (χ1) is 16.3. The summed E-state index contributed by atoms with van der Waals surface area (Å²) in [5.74, 6) is 0.0971. The van der Waals surface area contributed by atoms with Crippen LogP contribution in [0.2, 0.25) is 10.0 Å². The van der Waals surface area contributed by atoms with Crippen LogP contribution in [-0.4, -0.2) is 19.2 Å². The van der Waals surface area contributed by atoms with E-state index < -0.39 is 9.84 Å². The minimum absolute atomic E-state index is 0.0392. The van der Waals surface area contributed by atoms with Crippen molar-refractivity contribution >= 4 is 49.6 Å². The van der Waals surface area contributed by atoms with Crippen molar-refractivity contribution in [2.45, 2.75) is 29.4 Å². The van der Waals surface area contributed by atoms with Crippen molar-refractivity contribution in [1.29, 1.82) is 0 Å². The first-order valence-corrected chi connectivity index (χ1v) is 13.3. The van der Waals surface area contributed by atoms with Crippen LogP contribution in [0, 0.1) is 5.92 Å². The summed E-state index contributed by atoms with van der Waals surface area (Å²) in [4.78, 5) is 17.2. The Morgan fingerprint density at radius 3 is 2.50 bits per heavy atom. The van der Waals surface area contributed by atoms with Gasteiger partial charge in [-0.15, -0.1) is 0 Å². The highest BCUT2D eigenvalue weighted by atomic mass is 35.5. The van der Waals surface area contributed by atoms with Gasteiger partial charge in [-0.25, -0.2) is 8.42 Å². The second-order valence-corrected chi connectivity index (χ2v) is 11.5. The lowest BCUT2D eigenvalue weighted by molar-refractivity contribution is -0.119. The number of hydrogen-bond acceptors (Lipinski definition) is 4. The van der Waals surface area contributed by atoms with Gasteiger partial charge >= 0.3 is 0 Å². The maximum absolute atomic E-state index is 12.9. The molecule has 1 fully saturated rings. The molecule has 0 spiro atoms. The van der Waals surface area contributed by atoms with Gasteiger partial charge in [0.15, 0.2) is 9.84 Å². The van der Waals surface area contributed by atoms with E-state index in [1.807, 2.05) is 48.5 Å². The average Bonchev–Trinajstić information content (AvgIpc) is 3.62. The first kappa shape index (κ1) is 23.0. The normalized spacial score (nSPS) is 17.6. The van der Waals surface area contributed by atoms with Crippen LogP contribution < -0.4 is 0 Å². The number of benzene rings is 3. The van der Waals surface area contributed by atoms with Crippen molar-refractivity contribution in [3.63, 3.8) is 0 Å². The van der Waals surface area contributed by atoms with Gasteiger partial charge in [0.2, 0.25) is 0 Å². The number of carbonyl (C=O) groups is 1. The van der Waals surface area contributed by atoms with Gasteiger partial charge < -0.3 is 0 Å². The van der Waals surface area contributed by atoms with Crippen molar-refractivity contribution in [2.75, 3.05) is 0 Å². The summed E-state index contributed by atoms with van der Waals surface area (Å²) in [7, 11) is -3.52. The van der Waals surface area contributed by atoms with Crippen LogP contribution in [0.25, 0.3) is 10.8 Å². The van der Waals surface area contributed by atoms with E-state index in [0.717, 1.165) is 28.3 Å². The van der Waals surface area contributed by atoms with Crippen molar-refractivity contribution in [3.8, 4) is 0 Å². The molecule has 34 heavy (non-hydrogen) atoms. The fraction of sp³-hybridized carbons (Fsp3) is 0.185. The number of hydrogen-bond donors (Lipinski definition) is 0. The lowest BCUT2D eigenvalue weighted by atomic mass is 10.00. The Labute approximate surface area is 208 Å². The van der Waals surface area contributed by atoms with E-state index in [2.05, 4.69) is 4.98 Å². The summed E-state index contributed by atoms with van der Waals surface area (Å²) in [5, 5.41) is 3.14. The lowest BCUT2D eigenvalue weighted by Gasteiger charge is -2.07. The monoisotopic (exact) mass is 509 g/mol. The third-order valence-electron chi connectivity index (χ3n) is 6.27. The van der Waals surface area contributed by atoms with Crippen LogP contribution in [0.5, 0.6) is 0 Å². The van der Waals surface area contributed by atoms with Crippen LogP contribution in [-0.2, 0) is 26.8 Å². The fourth-order valence-electron chi connectivity index (χ4n) is 4.34. The number of pyridine rings is 1. The number of ketones is 1. The summed E-state index contributed by atoms with van der Waals surface area (Å²) >= 11 is 12.1. The molecule has 1 saturated carbocycles. The molecule has 0 aliphatic heterocycles. The predicted molar refractivity (Wildman–Crippen MR) is 135 cm³/mol. The Bertz CT molecular complexity index is 1480. The third-order valence-corrected chi connectivity index (χ3v) is 8.49. The SMILES string of the molecule is O=C(Cc1ccc2cccc(Cl)c2c1)[C@@H]1CC1c1ccc(S(=O)(=O)Cc2ccc(Cl)cn2)cc1. The first-order valence-electron chi connectivity index (χ1n) is 10.9. The zero-order valence-electron chi connectivity index (χ0n) is 18.1. The number of halogens is 2. The highest BCUT2D eigenvalue weighted by molar-refractivity contribution is 7.90. The van der Waals surface area contributed by atoms with Gasteiger partial charge in [0.05, 0.1) is 21.4 Å². The van der Waals surface area contributed by atoms with Crippen molar-refractivity contribution in [3.05, 3.63) is 106 Å². The summed E-state index contributed by atoms with van der Waals surface area (Å²) in [6.07, 6.45) is 2.59. The molecule has 5 rings (SSSR count). The summed E-state index contributed by atoms with van der Waals surface area (Å²) < 4.78 is 25.5. The molecule has 1 heterocycles. The second-order valence-electron chi connectivity index (χ2n) is 8.68. The second kappa shape index (κ2) is 9.14. The van der Waals surface area contributed by atoms with Crippen LogP contribution in [0.1, 0.15) is 29.2 Å². The van der Waals surface area contributed by atoms with Gasteiger partial charge in [-0.2, -0.15) is 0 Å². The maximum atomic E-state index is 12.9. The summed E-state index contributed by atoms with van der Waals surface area (Å²) in [6, 6.07) is 21.8. The molecule has 0 N–H and O–H groups in total. The molecule has 172 valence electrons. The Morgan fingerprint density at radius 1 is 0.971 bits per heavy atom. The number of fused-ring (bicyclic) bond motifs is 1. The van der Waals surface area contributed by atoms with E-state index in [1.165, 1.54) is 6.20 Å². The number of Topliss-reactive ketones (excluding diaryl/α,β-unsaturated/α-hetero) is 1. The quantitative estimate of drug-likeness (QED) is 0.287. The van der Waals surface area contributed by atoms with Gasteiger partial charge in [0.25, 0.3) is 0 Å². The fourth-order valence-corrected chi connectivity index (χ4v) is 5.96. The number of aromatic nitrogens is 1. The molecule has 2 atom stereocenters. The molecule has 0 saturated heterocycles. The molecule has 0 bridgehead atoms. The van der Waals surface area contributed by atoms with E-state index >= 15 is 0 Å². The van der Waals surface area contributed by atoms with Crippen molar-refractivity contribution < 1.29 is 13.2 Å². The zero-order chi connectivity index (χ0) is 23.9. The van der Waals surface area contributed by atoms with Crippen molar-refractivity contribution in [1.82, 2.24) is 4.98 Å². The zero-order valence-corrected chi connectivity index (χ0v) is 20.4. The average molecular weight is 510 g/mol. The Kier molecular flexibility index (Phi) is 6.19. The third kappa shape index (κ3) is 4.88.